The van der Waals surface area contributed by atoms with E-state index >= 15 is 0 Å². The van der Waals surface area contributed by atoms with Gasteiger partial charge in [0.1, 0.15) is 0 Å². The van der Waals surface area contributed by atoms with Gasteiger partial charge >= 0.3 is 0 Å². The molecule has 0 bridgehead atoms. The summed E-state index contributed by atoms with van der Waals surface area (Å²) < 4.78 is 0. The van der Waals surface area contributed by atoms with Crippen LogP contribution in [-0.2, 0) is 6.42 Å². The number of benzene rings is 1. The predicted molar refractivity (Wildman–Crippen MR) is 48.1 cm³/mol. The normalized spacial score (nSPS) is 18.2. The fourth-order valence-electron chi connectivity index (χ4n) is 1.53. The summed E-state index contributed by atoms with van der Waals surface area (Å²) in [6, 6.07) is 5.69. The summed E-state index contributed by atoms with van der Waals surface area (Å²) >= 11 is 5.81. The molecule has 1 aromatic carbocycles. The van der Waals surface area contributed by atoms with Crippen LogP contribution in [0.5, 0.6) is 0 Å². The fourth-order valence-corrected chi connectivity index (χ4v) is 1.70. The maximum absolute atomic E-state index is 8.65. The first kappa shape index (κ1) is 7.62. The Labute approximate surface area is 75.5 Å². The van der Waals surface area contributed by atoms with Crippen molar-refractivity contribution in [2.45, 2.75) is 12.8 Å². The molecule has 0 heterocycles. The number of hydrogen-bond acceptors (Lipinski definition) is 2. The lowest BCUT2D eigenvalue weighted by Gasteiger charge is -1.97. The topological polar surface area (TPSA) is 32.6 Å². The molecule has 0 amide bonds. The Morgan fingerprint density at radius 3 is 2.92 bits per heavy atom. The lowest BCUT2D eigenvalue weighted by Crippen LogP contribution is -1.93. The number of nitrogens with zero attached hydrogens (tertiary/aromatic N) is 1. The van der Waals surface area contributed by atoms with Crippen molar-refractivity contribution in [1.82, 2.24) is 0 Å². The molecule has 1 aliphatic carbocycles. The highest BCUT2D eigenvalue weighted by Gasteiger charge is 2.17. The maximum Gasteiger partial charge on any atom is 0.0874 e. The zero-order chi connectivity index (χ0) is 8.55. The molecule has 1 aromatic rings. The van der Waals surface area contributed by atoms with E-state index in [2.05, 4.69) is 5.16 Å². The van der Waals surface area contributed by atoms with E-state index in [1.54, 1.807) is 0 Å². The summed E-state index contributed by atoms with van der Waals surface area (Å²) in [4.78, 5) is 0. The van der Waals surface area contributed by atoms with Crippen molar-refractivity contribution in [3.63, 3.8) is 0 Å². The zero-order valence-electron chi connectivity index (χ0n) is 6.42. The molecule has 0 aliphatic heterocycles. The number of oxime groups is 1. The molecule has 0 atom stereocenters. The Morgan fingerprint density at radius 2 is 2.17 bits per heavy atom. The van der Waals surface area contributed by atoms with Crippen molar-refractivity contribution in [3.8, 4) is 0 Å². The number of rotatable bonds is 0. The standard InChI is InChI=1S/C9H8ClNO/c10-7-3-1-6-2-4-9(11-12)8(6)5-7/h1,3,5,12H,2,4H2/b11-9-. The summed E-state index contributed by atoms with van der Waals surface area (Å²) in [5, 5.41) is 12.6. The second-order valence-electron chi connectivity index (χ2n) is 2.85. The Kier molecular flexibility index (Phi) is 1.77. The van der Waals surface area contributed by atoms with E-state index < -0.39 is 0 Å². The van der Waals surface area contributed by atoms with E-state index in [4.69, 9.17) is 16.8 Å². The SMILES string of the molecule is O/N=C1/CCc2ccc(Cl)cc21. The summed E-state index contributed by atoms with van der Waals surface area (Å²) in [7, 11) is 0. The average molecular weight is 182 g/mol. The van der Waals surface area contributed by atoms with E-state index in [9.17, 15) is 0 Å². The van der Waals surface area contributed by atoms with E-state index in [0.29, 0.717) is 5.02 Å². The first-order valence-electron chi connectivity index (χ1n) is 3.81. The second-order valence-corrected chi connectivity index (χ2v) is 3.28. The van der Waals surface area contributed by atoms with Crippen LogP contribution in [-0.4, -0.2) is 10.9 Å². The molecule has 12 heavy (non-hydrogen) atoms. The monoisotopic (exact) mass is 181 g/mol. The Morgan fingerprint density at radius 1 is 1.33 bits per heavy atom. The molecule has 0 fully saturated rings. The van der Waals surface area contributed by atoms with Gasteiger partial charge in [0.15, 0.2) is 0 Å². The predicted octanol–water partition coefficient (Wildman–Crippen LogP) is 2.46. The van der Waals surface area contributed by atoms with Crippen LogP contribution in [0.2, 0.25) is 5.02 Å². The van der Waals surface area contributed by atoms with Crippen LogP contribution in [0.1, 0.15) is 17.5 Å². The molecule has 0 aromatic heterocycles. The maximum atomic E-state index is 8.65. The van der Waals surface area contributed by atoms with Gasteiger partial charge in [-0.25, -0.2) is 0 Å². The number of halogens is 1. The molecule has 62 valence electrons. The second kappa shape index (κ2) is 2.79. The van der Waals surface area contributed by atoms with Crippen LogP contribution in [0.4, 0.5) is 0 Å². The molecule has 2 rings (SSSR count). The Balaban J connectivity index is 2.57. The van der Waals surface area contributed by atoms with Gasteiger partial charge in [0.2, 0.25) is 0 Å². The zero-order valence-corrected chi connectivity index (χ0v) is 7.17. The third-order valence-corrected chi connectivity index (χ3v) is 2.37. The van der Waals surface area contributed by atoms with Crippen molar-refractivity contribution in [1.29, 1.82) is 0 Å². The quantitative estimate of drug-likeness (QED) is 0.484. The van der Waals surface area contributed by atoms with Crippen LogP contribution in [0.15, 0.2) is 23.4 Å². The molecule has 0 spiro atoms. The van der Waals surface area contributed by atoms with Crippen LogP contribution < -0.4 is 0 Å². The van der Waals surface area contributed by atoms with E-state index in [-0.39, 0.29) is 0 Å². The lowest BCUT2D eigenvalue weighted by molar-refractivity contribution is 0.318. The summed E-state index contributed by atoms with van der Waals surface area (Å²) in [6.45, 7) is 0. The lowest BCUT2D eigenvalue weighted by atomic mass is 10.1. The fraction of sp³-hybridized carbons (Fsp3) is 0.222. The van der Waals surface area contributed by atoms with Crippen molar-refractivity contribution >= 4 is 17.3 Å². The number of hydrogen-bond donors (Lipinski definition) is 1. The minimum atomic E-state index is 0.691. The van der Waals surface area contributed by atoms with Gasteiger partial charge in [-0.2, -0.15) is 0 Å². The summed E-state index contributed by atoms with van der Waals surface area (Å²) in [6.07, 6.45) is 1.76. The first-order valence-corrected chi connectivity index (χ1v) is 4.19. The molecule has 0 saturated carbocycles. The summed E-state index contributed by atoms with van der Waals surface area (Å²) in [5.74, 6) is 0. The van der Waals surface area contributed by atoms with Crippen LogP contribution in [0.25, 0.3) is 0 Å². The number of fused-ring (bicyclic) bond motifs is 1. The first-order chi connectivity index (χ1) is 5.81. The van der Waals surface area contributed by atoms with Crippen molar-refractivity contribution in [3.05, 3.63) is 34.3 Å². The molecule has 1 N–H and O–H groups in total. The van der Waals surface area contributed by atoms with Crippen molar-refractivity contribution in [2.75, 3.05) is 0 Å². The van der Waals surface area contributed by atoms with Crippen LogP contribution >= 0.6 is 11.6 Å². The van der Waals surface area contributed by atoms with E-state index in [0.717, 1.165) is 24.1 Å². The minimum absolute atomic E-state index is 0.691. The van der Waals surface area contributed by atoms with Gasteiger partial charge in [0, 0.05) is 10.6 Å². The van der Waals surface area contributed by atoms with E-state index in [1.807, 2.05) is 18.2 Å². The Hall–Kier alpha value is -1.02. The van der Waals surface area contributed by atoms with Gasteiger partial charge < -0.3 is 5.21 Å². The average Bonchev–Trinajstić information content (AvgIpc) is 2.46. The van der Waals surface area contributed by atoms with Crippen LogP contribution in [0.3, 0.4) is 0 Å². The Bertz CT molecular complexity index is 346. The van der Waals surface area contributed by atoms with Gasteiger partial charge in [0.05, 0.1) is 5.71 Å². The van der Waals surface area contributed by atoms with E-state index in [1.165, 1.54) is 5.56 Å². The van der Waals surface area contributed by atoms with Crippen molar-refractivity contribution in [2.24, 2.45) is 5.16 Å². The molecule has 1 aliphatic rings. The van der Waals surface area contributed by atoms with Crippen LogP contribution in [0, 0.1) is 0 Å². The molecular weight excluding hydrogens is 174 g/mol. The highest BCUT2D eigenvalue weighted by atomic mass is 35.5. The number of aryl methyl sites for hydroxylation is 1. The van der Waals surface area contributed by atoms with Crippen molar-refractivity contribution < 1.29 is 5.21 Å². The molecule has 0 saturated heterocycles. The van der Waals surface area contributed by atoms with Gasteiger partial charge in [-0.3, -0.25) is 0 Å². The third-order valence-electron chi connectivity index (χ3n) is 2.13. The van der Waals surface area contributed by atoms with Gasteiger partial charge in [-0.15, -0.1) is 0 Å². The van der Waals surface area contributed by atoms with Gasteiger partial charge in [-0.1, -0.05) is 22.8 Å². The molecule has 3 heteroatoms. The minimum Gasteiger partial charge on any atom is -0.411 e. The van der Waals surface area contributed by atoms with Gasteiger partial charge in [-0.05, 0) is 30.5 Å². The highest BCUT2D eigenvalue weighted by Crippen LogP contribution is 2.25. The molecule has 0 unspecified atom stereocenters. The highest BCUT2D eigenvalue weighted by molar-refractivity contribution is 6.31. The smallest absolute Gasteiger partial charge is 0.0874 e. The largest absolute Gasteiger partial charge is 0.411 e. The molecular formula is C9H8ClNO. The third kappa shape index (κ3) is 1.08. The molecule has 2 nitrogen and oxygen atoms in total. The van der Waals surface area contributed by atoms with Gasteiger partial charge in [0.25, 0.3) is 0 Å². The molecule has 0 radical (unpaired) electrons. The summed E-state index contributed by atoms with van der Waals surface area (Å²) in [5.41, 5.74) is 2.95.